The molecule has 1 aliphatic rings. The summed E-state index contributed by atoms with van der Waals surface area (Å²) in [7, 11) is 0. The van der Waals surface area contributed by atoms with Crippen molar-refractivity contribution in [2.75, 3.05) is 23.4 Å². The van der Waals surface area contributed by atoms with Gasteiger partial charge in [0.25, 0.3) is 0 Å². The van der Waals surface area contributed by atoms with Gasteiger partial charge in [0.15, 0.2) is 0 Å². The molecule has 25 heavy (non-hydrogen) atoms. The molecule has 1 heterocycles. The number of hydrogen-bond donors (Lipinski definition) is 2. The Morgan fingerprint density at radius 2 is 1.92 bits per heavy atom. The zero-order valence-electron chi connectivity index (χ0n) is 13.8. The average molecular weight is 377 g/mol. The fourth-order valence-electron chi connectivity index (χ4n) is 2.63. The van der Waals surface area contributed by atoms with Crippen LogP contribution in [0.15, 0.2) is 48.5 Å². The fourth-order valence-corrected chi connectivity index (χ4v) is 5.50. The van der Waals surface area contributed by atoms with Gasteiger partial charge in [0.05, 0.1) is 4.58 Å². The van der Waals surface area contributed by atoms with Crippen LogP contribution in [0.1, 0.15) is 22.1 Å². The van der Waals surface area contributed by atoms with Crippen molar-refractivity contribution in [1.29, 1.82) is 0 Å². The number of rotatable bonds is 5. The van der Waals surface area contributed by atoms with Crippen molar-refractivity contribution in [2.45, 2.75) is 17.4 Å². The SMILES string of the molecule is O=C(NCCc1cccc(F)c1)Nc1cccc(C2SCCCS2)c1. The maximum absolute atomic E-state index is 13.1. The second kappa shape index (κ2) is 9.15. The topological polar surface area (TPSA) is 41.1 Å². The smallest absolute Gasteiger partial charge is 0.319 e. The van der Waals surface area contributed by atoms with E-state index in [0.29, 0.717) is 17.5 Å². The quantitative estimate of drug-likeness (QED) is 0.766. The summed E-state index contributed by atoms with van der Waals surface area (Å²) in [5.41, 5.74) is 2.91. The summed E-state index contributed by atoms with van der Waals surface area (Å²) in [6, 6.07) is 14.2. The highest BCUT2D eigenvalue weighted by Crippen LogP contribution is 2.43. The molecule has 0 radical (unpaired) electrons. The van der Waals surface area contributed by atoms with Crippen LogP contribution in [0.25, 0.3) is 0 Å². The van der Waals surface area contributed by atoms with Crippen molar-refractivity contribution in [3.63, 3.8) is 0 Å². The Labute approximate surface area is 156 Å². The Morgan fingerprint density at radius 1 is 1.12 bits per heavy atom. The molecule has 2 aromatic rings. The van der Waals surface area contributed by atoms with E-state index < -0.39 is 0 Å². The van der Waals surface area contributed by atoms with Gasteiger partial charge in [-0.25, -0.2) is 9.18 Å². The van der Waals surface area contributed by atoms with Gasteiger partial charge < -0.3 is 10.6 Å². The fraction of sp³-hybridized carbons (Fsp3) is 0.316. The lowest BCUT2D eigenvalue weighted by molar-refractivity contribution is 0.252. The summed E-state index contributed by atoms with van der Waals surface area (Å²) < 4.78 is 13.6. The molecule has 6 heteroatoms. The number of thioether (sulfide) groups is 2. The largest absolute Gasteiger partial charge is 0.338 e. The lowest BCUT2D eigenvalue weighted by Gasteiger charge is -2.21. The third kappa shape index (κ3) is 5.68. The molecule has 132 valence electrons. The number of nitrogens with one attached hydrogen (secondary N) is 2. The van der Waals surface area contributed by atoms with Crippen LogP contribution >= 0.6 is 23.5 Å². The molecule has 0 saturated carbocycles. The van der Waals surface area contributed by atoms with Crippen LogP contribution in [0.4, 0.5) is 14.9 Å². The Balaban J connectivity index is 1.49. The summed E-state index contributed by atoms with van der Waals surface area (Å²) in [5.74, 6) is 2.13. The molecule has 0 atom stereocenters. The molecule has 3 nitrogen and oxygen atoms in total. The molecule has 0 spiro atoms. The van der Waals surface area contributed by atoms with Gasteiger partial charge in [0.2, 0.25) is 0 Å². The zero-order chi connectivity index (χ0) is 17.5. The number of carbonyl (C=O) groups excluding carboxylic acids is 1. The molecular formula is C19H21FN2OS2. The lowest BCUT2D eigenvalue weighted by Crippen LogP contribution is -2.30. The zero-order valence-corrected chi connectivity index (χ0v) is 15.5. The highest BCUT2D eigenvalue weighted by atomic mass is 32.2. The van der Waals surface area contributed by atoms with Gasteiger partial charge in [-0.3, -0.25) is 0 Å². The van der Waals surface area contributed by atoms with Crippen LogP contribution in [-0.4, -0.2) is 24.1 Å². The number of benzene rings is 2. The predicted octanol–water partition coefficient (Wildman–Crippen LogP) is 5.06. The number of halogens is 1. The molecule has 1 aliphatic heterocycles. The standard InChI is InChI=1S/C19H21FN2OS2/c20-16-6-1-4-14(12-16)8-9-21-19(23)22-17-7-2-5-15(13-17)18-24-10-3-11-25-18/h1-2,4-7,12-13,18H,3,8-11H2,(H2,21,22,23). The Kier molecular flexibility index (Phi) is 6.64. The van der Waals surface area contributed by atoms with E-state index in [0.717, 1.165) is 11.3 Å². The molecule has 0 unspecified atom stereocenters. The number of urea groups is 1. The van der Waals surface area contributed by atoms with E-state index in [4.69, 9.17) is 0 Å². The normalized spacial score (nSPS) is 14.9. The van der Waals surface area contributed by atoms with Crippen LogP contribution in [-0.2, 0) is 6.42 Å². The molecule has 0 aromatic heterocycles. The van der Waals surface area contributed by atoms with E-state index in [-0.39, 0.29) is 11.8 Å². The number of anilines is 1. The molecule has 1 saturated heterocycles. The monoisotopic (exact) mass is 376 g/mol. The van der Waals surface area contributed by atoms with Gasteiger partial charge in [-0.05, 0) is 59.7 Å². The summed E-state index contributed by atoms with van der Waals surface area (Å²) in [6.07, 6.45) is 1.86. The summed E-state index contributed by atoms with van der Waals surface area (Å²) >= 11 is 3.92. The first-order valence-corrected chi connectivity index (χ1v) is 10.4. The Hall–Kier alpha value is -1.66. The van der Waals surface area contributed by atoms with Crippen LogP contribution in [0.5, 0.6) is 0 Å². The van der Waals surface area contributed by atoms with Crippen molar-refractivity contribution in [1.82, 2.24) is 5.32 Å². The van der Waals surface area contributed by atoms with Gasteiger partial charge in [0.1, 0.15) is 5.82 Å². The third-order valence-electron chi connectivity index (χ3n) is 3.83. The minimum atomic E-state index is -0.253. The number of amides is 2. The maximum atomic E-state index is 13.1. The maximum Gasteiger partial charge on any atom is 0.319 e. The number of hydrogen-bond acceptors (Lipinski definition) is 3. The van der Waals surface area contributed by atoms with Crippen LogP contribution in [0.3, 0.4) is 0 Å². The third-order valence-corrected chi connectivity index (χ3v) is 6.85. The van der Waals surface area contributed by atoms with Crippen molar-refractivity contribution in [2.24, 2.45) is 0 Å². The van der Waals surface area contributed by atoms with E-state index in [1.54, 1.807) is 6.07 Å². The molecule has 1 fully saturated rings. The van der Waals surface area contributed by atoms with Gasteiger partial charge in [-0.15, -0.1) is 23.5 Å². The van der Waals surface area contributed by atoms with Crippen LogP contribution in [0, 0.1) is 5.82 Å². The Morgan fingerprint density at radius 3 is 2.72 bits per heavy atom. The molecule has 2 N–H and O–H groups in total. The number of carbonyl (C=O) groups is 1. The van der Waals surface area contributed by atoms with Gasteiger partial charge in [-0.2, -0.15) is 0 Å². The van der Waals surface area contributed by atoms with Crippen molar-refractivity contribution in [3.05, 3.63) is 65.5 Å². The lowest BCUT2D eigenvalue weighted by atomic mass is 10.1. The van der Waals surface area contributed by atoms with Gasteiger partial charge in [0, 0.05) is 12.2 Å². The van der Waals surface area contributed by atoms with E-state index in [1.807, 2.05) is 47.8 Å². The second-order valence-corrected chi connectivity index (χ2v) is 8.54. The average Bonchev–Trinajstić information content (AvgIpc) is 2.63. The molecule has 3 rings (SSSR count). The van der Waals surface area contributed by atoms with Crippen molar-refractivity contribution >= 4 is 35.2 Å². The molecule has 0 bridgehead atoms. The molecule has 2 aromatic carbocycles. The minimum Gasteiger partial charge on any atom is -0.338 e. The predicted molar refractivity (Wildman–Crippen MR) is 106 cm³/mol. The highest BCUT2D eigenvalue weighted by Gasteiger charge is 2.16. The summed E-state index contributed by atoms with van der Waals surface area (Å²) in [6.45, 7) is 0.462. The van der Waals surface area contributed by atoms with E-state index in [2.05, 4.69) is 16.7 Å². The van der Waals surface area contributed by atoms with Crippen molar-refractivity contribution < 1.29 is 9.18 Å². The molecule has 0 aliphatic carbocycles. The first kappa shape index (κ1) is 18.1. The van der Waals surface area contributed by atoms with Gasteiger partial charge in [-0.1, -0.05) is 24.3 Å². The second-order valence-electron chi connectivity index (χ2n) is 5.81. The van der Waals surface area contributed by atoms with E-state index in [9.17, 15) is 9.18 Å². The van der Waals surface area contributed by atoms with Crippen molar-refractivity contribution in [3.8, 4) is 0 Å². The molecule has 2 amide bonds. The van der Waals surface area contributed by atoms with E-state index in [1.165, 1.54) is 35.6 Å². The van der Waals surface area contributed by atoms with Crippen LogP contribution < -0.4 is 10.6 Å². The Bertz CT molecular complexity index is 720. The minimum absolute atomic E-state index is 0.238. The molecular weight excluding hydrogens is 355 g/mol. The highest BCUT2D eigenvalue weighted by molar-refractivity contribution is 8.16. The summed E-state index contributed by atoms with van der Waals surface area (Å²) in [4.78, 5) is 12.1. The van der Waals surface area contributed by atoms with Crippen LogP contribution in [0.2, 0.25) is 0 Å². The van der Waals surface area contributed by atoms with E-state index >= 15 is 0 Å². The first-order valence-electron chi connectivity index (χ1n) is 8.33. The van der Waals surface area contributed by atoms with Gasteiger partial charge >= 0.3 is 6.03 Å². The summed E-state index contributed by atoms with van der Waals surface area (Å²) in [5, 5.41) is 5.69. The first-order chi connectivity index (χ1) is 12.2.